The van der Waals surface area contributed by atoms with Gasteiger partial charge in [0.05, 0.1) is 47.7 Å². The second-order valence-corrected chi connectivity index (χ2v) is 7.66. The number of ether oxygens (including phenoxy) is 1. The van der Waals surface area contributed by atoms with Gasteiger partial charge in [-0.15, -0.1) is 0 Å². The molecule has 1 aromatic carbocycles. The summed E-state index contributed by atoms with van der Waals surface area (Å²) in [5, 5.41) is 4.53. The SMILES string of the molecule is Cc1nn(Cc2ccc(F)cc2)c(C)c1N1C(=O)[C@@H]2[C@H](C1=O)[C@H]1CC[C@H]2O1. The molecule has 1 aromatic heterocycles. The molecule has 6 nitrogen and oxygen atoms in total. The standard InChI is InChI=1S/C20H20FN3O3/c1-10-18(11(2)23(22-10)9-12-3-5-13(21)6-4-12)24-19(25)16-14-7-8-15(27-14)17(16)20(24)26/h3-6,14-17H,7-9H2,1-2H3/t14-,15-,16-,17+/m1/s1. The lowest BCUT2D eigenvalue weighted by Gasteiger charge is -2.18. The van der Waals surface area contributed by atoms with Gasteiger partial charge in [-0.3, -0.25) is 14.3 Å². The molecule has 3 aliphatic heterocycles. The van der Waals surface area contributed by atoms with Crippen molar-refractivity contribution >= 4 is 17.5 Å². The van der Waals surface area contributed by atoms with Crippen molar-refractivity contribution in [3.63, 3.8) is 0 Å². The van der Waals surface area contributed by atoms with Crippen LogP contribution in [0, 0.1) is 31.5 Å². The number of aryl methyl sites for hydroxylation is 1. The smallest absolute Gasteiger partial charge is 0.240 e. The van der Waals surface area contributed by atoms with Gasteiger partial charge in [0.25, 0.3) is 0 Å². The Morgan fingerprint density at radius 1 is 1.07 bits per heavy atom. The van der Waals surface area contributed by atoms with E-state index >= 15 is 0 Å². The van der Waals surface area contributed by atoms with Crippen LogP contribution in [0.2, 0.25) is 0 Å². The highest BCUT2D eigenvalue weighted by molar-refractivity contribution is 6.23. The number of halogens is 1. The minimum absolute atomic E-state index is 0.128. The average Bonchev–Trinajstić information content (AvgIpc) is 3.37. The number of rotatable bonds is 3. The van der Waals surface area contributed by atoms with Crippen molar-refractivity contribution in [2.45, 2.75) is 45.4 Å². The maximum atomic E-state index is 13.1. The lowest BCUT2D eigenvalue weighted by Crippen LogP contribution is -2.35. The minimum atomic E-state index is -0.351. The summed E-state index contributed by atoms with van der Waals surface area (Å²) >= 11 is 0. The van der Waals surface area contributed by atoms with Gasteiger partial charge in [0.2, 0.25) is 11.8 Å². The molecule has 0 unspecified atom stereocenters. The first-order valence-electron chi connectivity index (χ1n) is 9.27. The highest BCUT2D eigenvalue weighted by Crippen LogP contribution is 2.50. The average molecular weight is 369 g/mol. The van der Waals surface area contributed by atoms with Crippen LogP contribution >= 0.6 is 0 Å². The second kappa shape index (κ2) is 5.73. The molecular formula is C20H20FN3O3. The van der Waals surface area contributed by atoms with Crippen LogP contribution in [0.5, 0.6) is 0 Å². The fraction of sp³-hybridized carbons (Fsp3) is 0.450. The van der Waals surface area contributed by atoms with Crippen LogP contribution in [0.15, 0.2) is 24.3 Å². The molecule has 5 rings (SSSR count). The molecule has 2 aromatic rings. The molecule has 2 amide bonds. The molecule has 2 bridgehead atoms. The third-order valence-electron chi connectivity index (χ3n) is 6.10. The maximum Gasteiger partial charge on any atom is 0.240 e. The first kappa shape index (κ1) is 16.6. The van der Waals surface area contributed by atoms with Gasteiger partial charge in [-0.1, -0.05) is 12.1 Å². The minimum Gasteiger partial charge on any atom is -0.373 e. The van der Waals surface area contributed by atoms with Crippen molar-refractivity contribution in [3.8, 4) is 0 Å². The van der Waals surface area contributed by atoms with Crippen LogP contribution in [0.1, 0.15) is 29.8 Å². The first-order valence-corrected chi connectivity index (χ1v) is 9.27. The highest BCUT2D eigenvalue weighted by Gasteiger charge is 2.63. The summed E-state index contributed by atoms with van der Waals surface area (Å²) in [5.74, 6) is -1.31. The number of amides is 2. The van der Waals surface area contributed by atoms with E-state index in [1.54, 1.807) is 16.8 Å². The van der Waals surface area contributed by atoms with Gasteiger partial charge >= 0.3 is 0 Å². The van der Waals surface area contributed by atoms with E-state index in [1.807, 2.05) is 13.8 Å². The third-order valence-corrected chi connectivity index (χ3v) is 6.10. The van der Waals surface area contributed by atoms with E-state index in [2.05, 4.69) is 5.10 Å². The Hall–Kier alpha value is -2.54. The predicted octanol–water partition coefficient (Wildman–Crippen LogP) is 2.35. The summed E-state index contributed by atoms with van der Waals surface area (Å²) in [6.07, 6.45) is 1.44. The maximum absolute atomic E-state index is 13.1. The number of fused-ring (bicyclic) bond motifs is 5. The fourth-order valence-corrected chi connectivity index (χ4v) is 4.86. The van der Waals surface area contributed by atoms with Crippen molar-refractivity contribution in [3.05, 3.63) is 47.0 Å². The normalized spacial score (nSPS) is 29.1. The van der Waals surface area contributed by atoms with Crippen LogP contribution in [0.4, 0.5) is 10.1 Å². The molecule has 0 N–H and O–H groups in total. The van der Waals surface area contributed by atoms with E-state index in [9.17, 15) is 14.0 Å². The summed E-state index contributed by atoms with van der Waals surface area (Å²) in [7, 11) is 0. The van der Waals surface area contributed by atoms with Gasteiger partial charge in [-0.2, -0.15) is 5.10 Å². The Kier molecular flexibility index (Phi) is 3.53. The number of anilines is 1. The van der Waals surface area contributed by atoms with Gasteiger partial charge in [-0.25, -0.2) is 9.29 Å². The molecule has 4 heterocycles. The van der Waals surface area contributed by atoms with Crippen molar-refractivity contribution < 1.29 is 18.7 Å². The molecular weight excluding hydrogens is 349 g/mol. The molecule has 7 heteroatoms. The molecule has 140 valence electrons. The number of aromatic nitrogens is 2. The molecule has 0 spiro atoms. The quantitative estimate of drug-likeness (QED) is 0.779. The number of benzene rings is 1. The number of carbonyl (C=O) groups is 2. The lowest BCUT2D eigenvalue weighted by molar-refractivity contribution is -0.124. The van der Waals surface area contributed by atoms with Crippen LogP contribution < -0.4 is 4.90 Å². The number of hydrogen-bond donors (Lipinski definition) is 0. The topological polar surface area (TPSA) is 64.4 Å². The molecule has 3 fully saturated rings. The highest BCUT2D eigenvalue weighted by atomic mass is 19.1. The van der Waals surface area contributed by atoms with Crippen LogP contribution in [0.3, 0.4) is 0 Å². The Bertz CT molecular complexity index is 924. The molecule has 27 heavy (non-hydrogen) atoms. The van der Waals surface area contributed by atoms with E-state index in [-0.39, 0.29) is 41.7 Å². The summed E-state index contributed by atoms with van der Waals surface area (Å²) in [6, 6.07) is 6.23. The molecule has 0 radical (unpaired) electrons. The van der Waals surface area contributed by atoms with Crippen molar-refractivity contribution in [2.75, 3.05) is 4.90 Å². The Labute approximate surface area is 155 Å². The van der Waals surface area contributed by atoms with Crippen LogP contribution in [-0.2, 0) is 20.9 Å². The zero-order valence-electron chi connectivity index (χ0n) is 15.2. The van der Waals surface area contributed by atoms with Crippen LogP contribution in [0.25, 0.3) is 0 Å². The Balaban J connectivity index is 1.49. The molecule has 0 saturated carbocycles. The summed E-state index contributed by atoms with van der Waals surface area (Å²) in [4.78, 5) is 27.4. The van der Waals surface area contributed by atoms with Crippen molar-refractivity contribution in [1.82, 2.24) is 9.78 Å². The Morgan fingerprint density at radius 3 is 2.26 bits per heavy atom. The largest absolute Gasteiger partial charge is 0.373 e. The molecule has 4 atom stereocenters. The second-order valence-electron chi connectivity index (χ2n) is 7.66. The number of nitrogens with zero attached hydrogens (tertiary/aromatic N) is 3. The molecule has 3 aliphatic rings. The summed E-state index contributed by atoms with van der Waals surface area (Å²) in [5.41, 5.74) is 2.88. The molecule has 3 saturated heterocycles. The summed E-state index contributed by atoms with van der Waals surface area (Å²) < 4.78 is 20.7. The molecule has 0 aliphatic carbocycles. The first-order chi connectivity index (χ1) is 13.0. The van der Waals surface area contributed by atoms with E-state index in [0.717, 1.165) is 24.1 Å². The number of hydrogen-bond acceptors (Lipinski definition) is 4. The van der Waals surface area contributed by atoms with E-state index < -0.39 is 0 Å². The van der Waals surface area contributed by atoms with Gasteiger partial charge < -0.3 is 4.74 Å². The van der Waals surface area contributed by atoms with E-state index in [4.69, 9.17) is 4.74 Å². The van der Waals surface area contributed by atoms with Gasteiger partial charge in [0.15, 0.2) is 0 Å². The lowest BCUT2D eigenvalue weighted by atomic mass is 9.81. The van der Waals surface area contributed by atoms with Crippen molar-refractivity contribution in [1.29, 1.82) is 0 Å². The van der Waals surface area contributed by atoms with E-state index in [0.29, 0.717) is 17.9 Å². The van der Waals surface area contributed by atoms with E-state index in [1.165, 1.54) is 17.0 Å². The Morgan fingerprint density at radius 2 is 1.67 bits per heavy atom. The zero-order chi connectivity index (χ0) is 18.9. The van der Waals surface area contributed by atoms with Gasteiger partial charge in [-0.05, 0) is 44.4 Å². The van der Waals surface area contributed by atoms with Gasteiger partial charge in [0.1, 0.15) is 5.82 Å². The number of imide groups is 1. The van der Waals surface area contributed by atoms with Gasteiger partial charge in [0, 0.05) is 0 Å². The monoisotopic (exact) mass is 369 g/mol. The predicted molar refractivity (Wildman–Crippen MR) is 94.6 cm³/mol. The summed E-state index contributed by atoms with van der Waals surface area (Å²) in [6.45, 7) is 4.12. The number of carbonyl (C=O) groups excluding carboxylic acids is 2. The fourth-order valence-electron chi connectivity index (χ4n) is 4.86. The zero-order valence-corrected chi connectivity index (χ0v) is 15.2. The van der Waals surface area contributed by atoms with Crippen LogP contribution in [-0.4, -0.2) is 33.8 Å². The van der Waals surface area contributed by atoms with Crippen molar-refractivity contribution in [2.24, 2.45) is 11.8 Å². The third kappa shape index (κ3) is 2.31.